The molecule has 3 rings (SSSR count). The number of hydrogen-bond donors (Lipinski definition) is 1. The molecule has 0 saturated heterocycles. The molecule has 7 nitrogen and oxygen atoms in total. The van der Waals surface area contributed by atoms with Crippen LogP contribution in [0.25, 0.3) is 5.78 Å². The number of hydrogen-bond acceptors (Lipinski definition) is 6. The minimum absolute atomic E-state index is 0.181. The summed E-state index contributed by atoms with van der Waals surface area (Å²) in [5.41, 5.74) is 1.70. The highest BCUT2D eigenvalue weighted by Crippen LogP contribution is 2.21. The van der Waals surface area contributed by atoms with Gasteiger partial charge < -0.3 is 10.1 Å². The number of amides is 1. The van der Waals surface area contributed by atoms with E-state index in [1.165, 1.54) is 0 Å². The monoisotopic (exact) mass is 331 g/mol. The number of nitrogens with zero attached hydrogens (tertiary/aromatic N) is 4. The molecule has 0 aliphatic carbocycles. The predicted octanol–water partition coefficient (Wildman–Crippen LogP) is 1.92. The van der Waals surface area contributed by atoms with E-state index in [4.69, 9.17) is 4.74 Å². The lowest BCUT2D eigenvalue weighted by molar-refractivity contribution is 0.0828. The number of carbonyl (C=O) groups excluding carboxylic acids is 1. The Labute approximate surface area is 137 Å². The number of ether oxygens (including phenoxy) is 1. The molecule has 120 valence electrons. The molecule has 3 heterocycles. The van der Waals surface area contributed by atoms with Gasteiger partial charge in [0, 0.05) is 29.9 Å². The lowest BCUT2D eigenvalue weighted by Crippen LogP contribution is -2.30. The fraction of sp³-hybridized carbons (Fsp3) is 0.333. The first-order valence-corrected chi connectivity index (χ1v) is 8.02. The molecule has 0 radical (unpaired) electrons. The van der Waals surface area contributed by atoms with Crippen molar-refractivity contribution < 1.29 is 9.53 Å². The van der Waals surface area contributed by atoms with Crippen molar-refractivity contribution in [2.24, 2.45) is 0 Å². The van der Waals surface area contributed by atoms with Crippen LogP contribution in [0.15, 0.2) is 23.6 Å². The zero-order chi connectivity index (χ0) is 16.4. The van der Waals surface area contributed by atoms with Gasteiger partial charge in [-0.15, -0.1) is 21.5 Å². The Morgan fingerprint density at radius 3 is 2.96 bits per heavy atom. The van der Waals surface area contributed by atoms with Crippen molar-refractivity contribution in [1.29, 1.82) is 0 Å². The first-order valence-electron chi connectivity index (χ1n) is 7.14. The van der Waals surface area contributed by atoms with E-state index in [1.807, 2.05) is 37.4 Å². The van der Waals surface area contributed by atoms with Gasteiger partial charge >= 0.3 is 0 Å². The summed E-state index contributed by atoms with van der Waals surface area (Å²) >= 11 is 1.59. The van der Waals surface area contributed by atoms with Crippen LogP contribution >= 0.6 is 11.3 Å². The second-order valence-corrected chi connectivity index (χ2v) is 6.13. The van der Waals surface area contributed by atoms with E-state index in [0.717, 1.165) is 16.3 Å². The van der Waals surface area contributed by atoms with Crippen LogP contribution in [0.1, 0.15) is 33.0 Å². The third-order valence-corrected chi connectivity index (χ3v) is 4.45. The van der Waals surface area contributed by atoms with E-state index >= 15 is 0 Å². The molecular formula is C15H17N5O2S. The van der Waals surface area contributed by atoms with Crippen LogP contribution in [-0.2, 0) is 4.74 Å². The molecule has 3 aromatic rings. The quantitative estimate of drug-likeness (QED) is 0.772. The Balaban J connectivity index is 1.79. The fourth-order valence-electron chi connectivity index (χ4n) is 2.42. The van der Waals surface area contributed by atoms with Crippen LogP contribution in [-0.4, -0.2) is 39.1 Å². The van der Waals surface area contributed by atoms with E-state index in [1.54, 1.807) is 22.8 Å². The molecular weight excluding hydrogens is 314 g/mol. The van der Waals surface area contributed by atoms with E-state index < -0.39 is 0 Å². The second-order valence-electron chi connectivity index (χ2n) is 5.15. The van der Waals surface area contributed by atoms with Crippen molar-refractivity contribution in [3.63, 3.8) is 0 Å². The van der Waals surface area contributed by atoms with E-state index in [2.05, 4.69) is 20.5 Å². The summed E-state index contributed by atoms with van der Waals surface area (Å²) in [7, 11) is 1.62. The Bertz CT molecular complexity index is 828. The molecule has 1 atom stereocenters. The minimum Gasteiger partial charge on any atom is -0.374 e. The largest absolute Gasteiger partial charge is 0.374 e. The Kier molecular flexibility index (Phi) is 4.35. The Morgan fingerprint density at radius 1 is 1.43 bits per heavy atom. The summed E-state index contributed by atoms with van der Waals surface area (Å²) in [5, 5.41) is 12.8. The van der Waals surface area contributed by atoms with Gasteiger partial charge in [-0.2, -0.15) is 0 Å². The topological polar surface area (TPSA) is 81.4 Å². The molecule has 23 heavy (non-hydrogen) atoms. The third kappa shape index (κ3) is 3.08. The van der Waals surface area contributed by atoms with Crippen LogP contribution in [0.5, 0.6) is 0 Å². The molecule has 0 unspecified atom stereocenters. The van der Waals surface area contributed by atoms with Crippen molar-refractivity contribution in [2.75, 3.05) is 13.7 Å². The van der Waals surface area contributed by atoms with Crippen LogP contribution in [0.4, 0.5) is 0 Å². The van der Waals surface area contributed by atoms with Gasteiger partial charge in [0.2, 0.25) is 5.82 Å². The van der Waals surface area contributed by atoms with Gasteiger partial charge in [-0.25, -0.2) is 4.98 Å². The van der Waals surface area contributed by atoms with Crippen molar-refractivity contribution >= 4 is 23.0 Å². The number of carbonyl (C=O) groups is 1. The number of fused-ring (bicyclic) bond motifs is 1. The predicted molar refractivity (Wildman–Crippen MR) is 86.7 cm³/mol. The summed E-state index contributed by atoms with van der Waals surface area (Å²) in [6.07, 6.45) is -0.181. The molecule has 0 saturated carbocycles. The van der Waals surface area contributed by atoms with Crippen LogP contribution in [0.3, 0.4) is 0 Å². The van der Waals surface area contributed by atoms with Crippen molar-refractivity contribution in [1.82, 2.24) is 24.9 Å². The molecule has 0 fully saturated rings. The maximum Gasteiger partial charge on any atom is 0.289 e. The number of aromatic nitrogens is 4. The minimum atomic E-state index is -0.301. The standard InChI is InChI=1S/C15H17N5O2S/c1-9-7-10(2)20-13(18-19-15(20)17-9)14(21)16-8-11(22-3)12-5-4-6-23-12/h4-7,11H,8H2,1-3H3,(H,16,21)/t11-/m1/s1. The highest BCUT2D eigenvalue weighted by Gasteiger charge is 2.19. The normalized spacial score (nSPS) is 12.5. The van der Waals surface area contributed by atoms with Gasteiger partial charge in [0.1, 0.15) is 6.10 Å². The molecule has 0 bridgehead atoms. The maximum atomic E-state index is 12.4. The van der Waals surface area contributed by atoms with E-state index in [0.29, 0.717) is 12.3 Å². The Hall–Kier alpha value is -2.32. The third-order valence-electron chi connectivity index (χ3n) is 3.49. The number of rotatable bonds is 5. The number of aryl methyl sites for hydroxylation is 2. The summed E-state index contributed by atoms with van der Waals surface area (Å²) in [6.45, 7) is 4.14. The van der Waals surface area contributed by atoms with Gasteiger partial charge in [-0.05, 0) is 31.4 Å². The molecule has 1 N–H and O–H groups in total. The molecule has 0 aliphatic heterocycles. The average Bonchev–Trinajstić information content (AvgIpc) is 3.17. The first-order chi connectivity index (χ1) is 11.1. The van der Waals surface area contributed by atoms with Crippen molar-refractivity contribution in [3.05, 3.63) is 45.7 Å². The van der Waals surface area contributed by atoms with Gasteiger partial charge in [0.05, 0.1) is 0 Å². The number of thiophene rings is 1. The summed E-state index contributed by atoms with van der Waals surface area (Å²) in [5.74, 6) is 0.352. The molecule has 0 aliphatic rings. The van der Waals surface area contributed by atoms with Crippen molar-refractivity contribution in [3.8, 4) is 0 Å². The highest BCUT2D eigenvalue weighted by atomic mass is 32.1. The van der Waals surface area contributed by atoms with Crippen molar-refractivity contribution in [2.45, 2.75) is 20.0 Å². The zero-order valence-corrected chi connectivity index (χ0v) is 13.9. The van der Waals surface area contributed by atoms with Gasteiger partial charge in [0.25, 0.3) is 11.7 Å². The van der Waals surface area contributed by atoms with E-state index in [-0.39, 0.29) is 17.8 Å². The zero-order valence-electron chi connectivity index (χ0n) is 13.1. The lowest BCUT2D eigenvalue weighted by Gasteiger charge is -2.14. The first kappa shape index (κ1) is 15.6. The van der Waals surface area contributed by atoms with Gasteiger partial charge in [-0.1, -0.05) is 6.07 Å². The van der Waals surface area contributed by atoms with Gasteiger partial charge in [-0.3, -0.25) is 9.20 Å². The van der Waals surface area contributed by atoms with Crippen LogP contribution < -0.4 is 5.32 Å². The molecule has 0 aromatic carbocycles. The smallest absolute Gasteiger partial charge is 0.289 e. The number of methoxy groups -OCH3 is 1. The second kappa shape index (κ2) is 6.43. The number of nitrogens with one attached hydrogen (secondary N) is 1. The molecule has 8 heteroatoms. The summed E-state index contributed by atoms with van der Waals surface area (Å²) in [4.78, 5) is 17.8. The highest BCUT2D eigenvalue weighted by molar-refractivity contribution is 7.10. The summed E-state index contributed by atoms with van der Waals surface area (Å²) < 4.78 is 7.08. The summed E-state index contributed by atoms with van der Waals surface area (Å²) in [6, 6.07) is 5.82. The lowest BCUT2D eigenvalue weighted by atomic mass is 10.3. The van der Waals surface area contributed by atoms with Crippen LogP contribution in [0, 0.1) is 13.8 Å². The SMILES string of the molecule is CO[C@H](CNC(=O)c1nnc2nc(C)cc(C)n12)c1cccs1. The molecule has 0 spiro atoms. The average molecular weight is 331 g/mol. The van der Waals surface area contributed by atoms with E-state index in [9.17, 15) is 4.79 Å². The molecule has 1 amide bonds. The maximum absolute atomic E-state index is 12.4. The fourth-order valence-corrected chi connectivity index (χ4v) is 3.22. The Morgan fingerprint density at radius 2 is 2.26 bits per heavy atom. The molecule has 3 aromatic heterocycles. The van der Waals surface area contributed by atoms with Gasteiger partial charge in [0.15, 0.2) is 0 Å². The van der Waals surface area contributed by atoms with Crippen LogP contribution in [0.2, 0.25) is 0 Å².